The van der Waals surface area contributed by atoms with E-state index in [0.717, 1.165) is 43.1 Å². The first-order valence-corrected chi connectivity index (χ1v) is 13.4. The van der Waals surface area contributed by atoms with Gasteiger partial charge < -0.3 is 9.80 Å². The van der Waals surface area contributed by atoms with Gasteiger partial charge in [0.15, 0.2) is 0 Å². The largest absolute Gasteiger partial charge is 0.322 e. The molecule has 1 heterocycles. The first kappa shape index (κ1) is 25.2. The summed E-state index contributed by atoms with van der Waals surface area (Å²) in [6.07, 6.45) is 2.71. The topological polar surface area (TPSA) is 23.6 Å². The second-order valence-corrected chi connectivity index (χ2v) is 10.4. The summed E-state index contributed by atoms with van der Waals surface area (Å²) >= 11 is 9.67. The van der Waals surface area contributed by atoms with Gasteiger partial charge in [-0.15, -0.1) is 0 Å². The number of thioether (sulfide) groups is 2. The van der Waals surface area contributed by atoms with Gasteiger partial charge >= 0.3 is 0 Å². The smallest absolute Gasteiger partial charge is 0.261 e. The van der Waals surface area contributed by atoms with Crippen molar-refractivity contribution < 1.29 is 9.18 Å². The number of benzene rings is 2. The van der Waals surface area contributed by atoms with E-state index in [0.29, 0.717) is 22.0 Å². The van der Waals surface area contributed by atoms with Crippen molar-refractivity contribution >= 4 is 47.1 Å². The summed E-state index contributed by atoms with van der Waals surface area (Å²) < 4.78 is 13.6. The summed E-state index contributed by atoms with van der Waals surface area (Å²) in [5.41, 5.74) is 1.70. The highest BCUT2D eigenvalue weighted by Gasteiger charge is 2.36. The van der Waals surface area contributed by atoms with E-state index >= 15 is 0 Å². The molecule has 2 aromatic rings. The Morgan fingerprint density at radius 1 is 1.16 bits per heavy atom. The lowest BCUT2D eigenvalue weighted by molar-refractivity contribution is -0.126. The van der Waals surface area contributed by atoms with E-state index in [1.807, 2.05) is 47.0 Å². The number of amides is 1. The first-order chi connectivity index (χ1) is 15.5. The van der Waals surface area contributed by atoms with Crippen LogP contribution in [0, 0.1) is 5.82 Å². The maximum Gasteiger partial charge on any atom is 0.261 e. The van der Waals surface area contributed by atoms with Gasteiger partial charge in [0, 0.05) is 23.9 Å². The summed E-state index contributed by atoms with van der Waals surface area (Å²) in [6, 6.07) is 14.0. The molecule has 1 aliphatic rings. The van der Waals surface area contributed by atoms with E-state index in [1.165, 1.54) is 23.9 Å². The highest BCUT2D eigenvalue weighted by molar-refractivity contribution is 8.04. The van der Waals surface area contributed by atoms with Crippen LogP contribution in [0.15, 0.2) is 53.4 Å². The van der Waals surface area contributed by atoms with E-state index < -0.39 is 0 Å². The predicted octanol–water partition coefficient (Wildman–Crippen LogP) is 6.56. The van der Waals surface area contributed by atoms with Crippen molar-refractivity contribution in [2.75, 3.05) is 37.7 Å². The lowest BCUT2D eigenvalue weighted by atomic mass is 10.2. The van der Waals surface area contributed by atoms with E-state index in [-0.39, 0.29) is 17.1 Å². The summed E-state index contributed by atoms with van der Waals surface area (Å²) in [6.45, 7) is 8.33. The second-order valence-electron chi connectivity index (χ2n) is 7.58. The van der Waals surface area contributed by atoms with Crippen LogP contribution in [-0.2, 0) is 4.79 Å². The minimum absolute atomic E-state index is 0.00243. The molecule has 0 aliphatic carbocycles. The summed E-state index contributed by atoms with van der Waals surface area (Å²) in [7, 11) is 0. The molecule has 1 aliphatic heterocycles. The molecule has 1 fully saturated rings. The van der Waals surface area contributed by atoms with Gasteiger partial charge in [0.2, 0.25) is 0 Å². The fourth-order valence-corrected chi connectivity index (χ4v) is 6.02. The molecule has 1 saturated heterocycles. The van der Waals surface area contributed by atoms with Gasteiger partial charge in [-0.3, -0.25) is 4.79 Å². The molecule has 1 atom stereocenters. The number of hydrogen-bond acceptors (Lipinski definition) is 4. The molecule has 2 aromatic carbocycles. The van der Waals surface area contributed by atoms with Gasteiger partial charge in [-0.05, 0) is 66.7 Å². The molecule has 3 rings (SSSR count). The Balaban J connectivity index is 1.67. The third-order valence-electron chi connectivity index (χ3n) is 5.41. The minimum Gasteiger partial charge on any atom is -0.322 e. The van der Waals surface area contributed by atoms with Crippen LogP contribution in [-0.4, -0.2) is 53.4 Å². The predicted molar refractivity (Wildman–Crippen MR) is 138 cm³/mol. The van der Waals surface area contributed by atoms with E-state index in [4.69, 9.17) is 11.6 Å². The summed E-state index contributed by atoms with van der Waals surface area (Å²) in [4.78, 5) is 18.2. The molecule has 0 N–H and O–H groups in total. The van der Waals surface area contributed by atoms with Crippen molar-refractivity contribution in [3.05, 3.63) is 75.4 Å². The van der Waals surface area contributed by atoms with Gasteiger partial charge in [-0.1, -0.05) is 61.5 Å². The number of carbonyl (C=O) groups excluding carboxylic acids is 1. The molecular weight excluding hydrogens is 463 g/mol. The average Bonchev–Trinajstić information content (AvgIpc) is 3.08. The van der Waals surface area contributed by atoms with Crippen LogP contribution in [0.1, 0.15) is 36.8 Å². The number of rotatable bonds is 11. The fourth-order valence-electron chi connectivity index (χ4n) is 3.63. The molecule has 0 bridgehead atoms. The van der Waals surface area contributed by atoms with Gasteiger partial charge in [0.05, 0.1) is 4.91 Å². The van der Waals surface area contributed by atoms with Crippen LogP contribution < -0.4 is 0 Å². The average molecular weight is 493 g/mol. The Bertz CT molecular complexity index is 936. The molecule has 7 heteroatoms. The van der Waals surface area contributed by atoms with E-state index in [9.17, 15) is 9.18 Å². The maximum absolute atomic E-state index is 13.6. The minimum atomic E-state index is -0.306. The van der Waals surface area contributed by atoms with Crippen molar-refractivity contribution in [2.45, 2.75) is 25.6 Å². The zero-order chi connectivity index (χ0) is 22.9. The molecule has 0 radical (unpaired) electrons. The maximum atomic E-state index is 13.6. The molecule has 0 aromatic heterocycles. The standard InChI is InChI=1S/C25H30ClFN2OS2/c1-3-28(4-2)13-15-31-14-7-12-29-24(30)23(17-19-8-5-11-22(27)16-19)32-25(29)20-9-6-10-21(26)18-20/h5-6,8-11,16-18,25H,3-4,7,12-15H2,1-2H3/b23-17+. The number of nitrogens with zero attached hydrogens (tertiary/aromatic N) is 2. The van der Waals surface area contributed by atoms with Crippen LogP contribution in [0.3, 0.4) is 0 Å². The van der Waals surface area contributed by atoms with Crippen LogP contribution in [0.2, 0.25) is 5.02 Å². The van der Waals surface area contributed by atoms with Crippen molar-refractivity contribution in [3.8, 4) is 0 Å². The second kappa shape index (κ2) is 12.7. The SMILES string of the molecule is CCN(CC)CCSCCCN1C(=O)/C(=C\c2cccc(F)c2)SC1c1cccc(Cl)c1. The third kappa shape index (κ3) is 7.01. The molecule has 3 nitrogen and oxygen atoms in total. The van der Waals surface area contributed by atoms with Crippen LogP contribution >= 0.6 is 35.1 Å². The number of hydrogen-bond donors (Lipinski definition) is 0. The normalized spacial score (nSPS) is 17.7. The monoisotopic (exact) mass is 492 g/mol. The van der Waals surface area contributed by atoms with E-state index in [2.05, 4.69) is 18.7 Å². The van der Waals surface area contributed by atoms with Gasteiger partial charge in [0.25, 0.3) is 5.91 Å². The van der Waals surface area contributed by atoms with Gasteiger partial charge in [-0.25, -0.2) is 4.39 Å². The van der Waals surface area contributed by atoms with Crippen LogP contribution in [0.25, 0.3) is 6.08 Å². The van der Waals surface area contributed by atoms with Crippen molar-refractivity contribution in [3.63, 3.8) is 0 Å². The van der Waals surface area contributed by atoms with Crippen molar-refractivity contribution in [1.82, 2.24) is 9.80 Å². The van der Waals surface area contributed by atoms with Gasteiger partial charge in [0.1, 0.15) is 11.2 Å². The lowest BCUT2D eigenvalue weighted by Gasteiger charge is -2.24. The fraction of sp³-hybridized carbons (Fsp3) is 0.400. The molecule has 0 saturated carbocycles. The van der Waals surface area contributed by atoms with E-state index in [1.54, 1.807) is 12.1 Å². The molecule has 1 unspecified atom stereocenters. The Kier molecular flexibility index (Phi) is 9.97. The highest BCUT2D eigenvalue weighted by Crippen LogP contribution is 2.46. The molecular formula is C25H30ClFN2OS2. The first-order valence-electron chi connectivity index (χ1n) is 11.0. The quantitative estimate of drug-likeness (QED) is 0.262. The zero-order valence-corrected chi connectivity index (χ0v) is 21.0. The van der Waals surface area contributed by atoms with Crippen molar-refractivity contribution in [2.24, 2.45) is 0 Å². The lowest BCUT2D eigenvalue weighted by Crippen LogP contribution is -2.29. The van der Waals surface area contributed by atoms with Crippen LogP contribution in [0.4, 0.5) is 4.39 Å². The van der Waals surface area contributed by atoms with Gasteiger partial charge in [-0.2, -0.15) is 11.8 Å². The third-order valence-corrected chi connectivity index (χ3v) is 7.99. The number of carbonyl (C=O) groups is 1. The van der Waals surface area contributed by atoms with Crippen LogP contribution in [0.5, 0.6) is 0 Å². The number of halogens is 2. The highest BCUT2D eigenvalue weighted by atomic mass is 35.5. The summed E-state index contributed by atoms with van der Waals surface area (Å²) in [5.74, 6) is 1.81. The van der Waals surface area contributed by atoms with Crippen molar-refractivity contribution in [1.29, 1.82) is 0 Å². The zero-order valence-electron chi connectivity index (χ0n) is 18.6. The Morgan fingerprint density at radius 2 is 1.94 bits per heavy atom. The molecule has 172 valence electrons. The Hall–Kier alpha value is -1.47. The summed E-state index contributed by atoms with van der Waals surface area (Å²) in [5, 5.41) is 0.534. The Labute approximate surface area is 204 Å². The molecule has 1 amide bonds. The molecule has 0 spiro atoms. The Morgan fingerprint density at radius 3 is 2.66 bits per heavy atom. The molecule has 32 heavy (non-hydrogen) atoms.